The topological polar surface area (TPSA) is 53.7 Å². The Hall–Kier alpha value is -2.20. The average Bonchev–Trinajstić information content (AvgIpc) is 2.51. The fraction of sp³-hybridized carbons (Fsp3) is 0.294. The zero-order valence-electron chi connectivity index (χ0n) is 12.5. The van der Waals surface area contributed by atoms with Gasteiger partial charge in [0.1, 0.15) is 18.1 Å². The number of hydrogen-bond donors (Lipinski definition) is 1. The van der Waals surface area contributed by atoms with Crippen molar-refractivity contribution < 1.29 is 14.2 Å². The number of rotatable bonds is 7. The van der Waals surface area contributed by atoms with E-state index in [4.69, 9.17) is 19.9 Å². The van der Waals surface area contributed by atoms with Crippen molar-refractivity contribution in [2.45, 2.75) is 13.0 Å². The number of hydrogen-bond acceptors (Lipinski definition) is 4. The van der Waals surface area contributed by atoms with Crippen LogP contribution in [0.1, 0.15) is 11.1 Å². The third-order valence-corrected chi connectivity index (χ3v) is 3.15. The van der Waals surface area contributed by atoms with Crippen LogP contribution >= 0.6 is 0 Å². The van der Waals surface area contributed by atoms with Gasteiger partial charge >= 0.3 is 0 Å². The summed E-state index contributed by atoms with van der Waals surface area (Å²) in [6.45, 7) is 1.18. The molecule has 2 aromatic rings. The van der Waals surface area contributed by atoms with E-state index >= 15 is 0 Å². The maximum atomic E-state index is 5.82. The highest BCUT2D eigenvalue weighted by atomic mass is 16.5. The minimum Gasteiger partial charge on any atom is -0.497 e. The molecule has 0 heterocycles. The van der Waals surface area contributed by atoms with E-state index in [1.807, 2.05) is 36.4 Å². The number of nitrogen functional groups attached to an aromatic ring is 1. The van der Waals surface area contributed by atoms with E-state index in [1.165, 1.54) is 5.56 Å². The molecule has 0 fully saturated rings. The molecule has 0 saturated carbocycles. The molecular weight excluding hydrogens is 266 g/mol. The van der Waals surface area contributed by atoms with Crippen molar-refractivity contribution in [2.75, 3.05) is 26.6 Å². The molecule has 0 radical (unpaired) electrons. The Morgan fingerprint density at radius 3 is 2.33 bits per heavy atom. The van der Waals surface area contributed by atoms with Crippen molar-refractivity contribution in [2.24, 2.45) is 0 Å². The molecule has 0 atom stereocenters. The molecule has 2 rings (SSSR count). The Bertz CT molecular complexity index is 567. The van der Waals surface area contributed by atoms with Crippen LogP contribution in [0.15, 0.2) is 42.5 Å². The van der Waals surface area contributed by atoms with Crippen molar-refractivity contribution in [1.29, 1.82) is 0 Å². The van der Waals surface area contributed by atoms with Crippen LogP contribution in [0, 0.1) is 0 Å². The van der Waals surface area contributed by atoms with Gasteiger partial charge in [0, 0.05) is 18.9 Å². The molecule has 0 aromatic heterocycles. The summed E-state index contributed by atoms with van der Waals surface area (Å²) in [4.78, 5) is 0. The summed E-state index contributed by atoms with van der Waals surface area (Å²) >= 11 is 0. The maximum absolute atomic E-state index is 5.82. The lowest BCUT2D eigenvalue weighted by atomic mass is 10.1. The zero-order valence-corrected chi connectivity index (χ0v) is 12.5. The molecular formula is C17H21NO3. The van der Waals surface area contributed by atoms with E-state index in [0.717, 1.165) is 30.1 Å². The van der Waals surface area contributed by atoms with Gasteiger partial charge in [-0.05, 0) is 41.8 Å². The monoisotopic (exact) mass is 287 g/mol. The van der Waals surface area contributed by atoms with Gasteiger partial charge in [0.15, 0.2) is 0 Å². The first-order chi connectivity index (χ1) is 10.2. The van der Waals surface area contributed by atoms with Crippen LogP contribution in [0.2, 0.25) is 0 Å². The van der Waals surface area contributed by atoms with Gasteiger partial charge in [0.2, 0.25) is 0 Å². The van der Waals surface area contributed by atoms with Crippen LogP contribution in [0.3, 0.4) is 0 Å². The minimum atomic E-state index is 0.457. The van der Waals surface area contributed by atoms with Crippen LogP contribution in [0.25, 0.3) is 0 Å². The van der Waals surface area contributed by atoms with Crippen molar-refractivity contribution in [3.8, 4) is 11.5 Å². The number of benzene rings is 2. The van der Waals surface area contributed by atoms with Gasteiger partial charge in [-0.3, -0.25) is 0 Å². The van der Waals surface area contributed by atoms with Crippen LogP contribution in [-0.2, 0) is 17.8 Å². The summed E-state index contributed by atoms with van der Waals surface area (Å²) in [5, 5.41) is 0. The Morgan fingerprint density at radius 1 is 0.905 bits per heavy atom. The van der Waals surface area contributed by atoms with E-state index in [9.17, 15) is 0 Å². The molecule has 4 heteroatoms. The summed E-state index contributed by atoms with van der Waals surface area (Å²) in [7, 11) is 3.33. The predicted molar refractivity (Wildman–Crippen MR) is 83.8 cm³/mol. The molecule has 0 aliphatic heterocycles. The van der Waals surface area contributed by atoms with Crippen molar-refractivity contribution in [3.63, 3.8) is 0 Å². The van der Waals surface area contributed by atoms with Crippen LogP contribution in [0.4, 0.5) is 5.69 Å². The standard InChI is InChI=1S/C17H21NO3/c1-19-8-7-13-3-5-16(6-4-13)21-12-14-9-15(18)11-17(10-14)20-2/h3-6,9-11H,7-8,12,18H2,1-2H3. The second-order valence-electron chi connectivity index (χ2n) is 4.79. The first-order valence-corrected chi connectivity index (χ1v) is 6.85. The lowest BCUT2D eigenvalue weighted by molar-refractivity contribution is 0.202. The molecule has 0 spiro atoms. The number of nitrogens with two attached hydrogens (primary N) is 1. The average molecular weight is 287 g/mol. The van der Waals surface area contributed by atoms with Crippen molar-refractivity contribution in [1.82, 2.24) is 0 Å². The summed E-state index contributed by atoms with van der Waals surface area (Å²) < 4.78 is 16.0. The first-order valence-electron chi connectivity index (χ1n) is 6.85. The number of anilines is 1. The largest absolute Gasteiger partial charge is 0.497 e. The molecule has 4 nitrogen and oxygen atoms in total. The predicted octanol–water partition coefficient (Wildman–Crippen LogP) is 3.05. The number of ether oxygens (including phenoxy) is 3. The summed E-state index contributed by atoms with van der Waals surface area (Å²) in [6, 6.07) is 13.6. The highest BCUT2D eigenvalue weighted by Gasteiger charge is 2.01. The van der Waals surface area contributed by atoms with E-state index < -0.39 is 0 Å². The van der Waals surface area contributed by atoms with Crippen LogP contribution < -0.4 is 15.2 Å². The molecule has 2 N–H and O–H groups in total. The Morgan fingerprint density at radius 2 is 1.67 bits per heavy atom. The van der Waals surface area contributed by atoms with Gasteiger partial charge < -0.3 is 19.9 Å². The quantitative estimate of drug-likeness (QED) is 0.795. The fourth-order valence-electron chi connectivity index (χ4n) is 2.03. The summed E-state index contributed by atoms with van der Waals surface area (Å²) in [6.07, 6.45) is 0.906. The second kappa shape index (κ2) is 7.55. The van der Waals surface area contributed by atoms with E-state index in [2.05, 4.69) is 0 Å². The van der Waals surface area contributed by atoms with Gasteiger partial charge in [0.05, 0.1) is 13.7 Å². The van der Waals surface area contributed by atoms with Gasteiger partial charge in [-0.1, -0.05) is 12.1 Å². The van der Waals surface area contributed by atoms with Gasteiger partial charge in [0.25, 0.3) is 0 Å². The highest BCUT2D eigenvalue weighted by Crippen LogP contribution is 2.20. The van der Waals surface area contributed by atoms with E-state index in [-0.39, 0.29) is 0 Å². The number of methoxy groups -OCH3 is 2. The van der Waals surface area contributed by atoms with E-state index in [0.29, 0.717) is 12.3 Å². The second-order valence-corrected chi connectivity index (χ2v) is 4.79. The normalized spacial score (nSPS) is 10.4. The lowest BCUT2D eigenvalue weighted by Crippen LogP contribution is -1.99. The molecule has 0 amide bonds. The maximum Gasteiger partial charge on any atom is 0.121 e. The fourth-order valence-corrected chi connectivity index (χ4v) is 2.03. The summed E-state index contributed by atoms with van der Waals surface area (Å²) in [5.41, 5.74) is 8.71. The minimum absolute atomic E-state index is 0.457. The molecule has 0 aliphatic carbocycles. The Labute approximate surface area is 125 Å². The zero-order chi connectivity index (χ0) is 15.1. The van der Waals surface area contributed by atoms with Crippen LogP contribution in [-0.4, -0.2) is 20.8 Å². The molecule has 2 aromatic carbocycles. The molecule has 21 heavy (non-hydrogen) atoms. The Kier molecular flexibility index (Phi) is 5.46. The molecule has 0 aliphatic rings. The van der Waals surface area contributed by atoms with E-state index in [1.54, 1.807) is 20.3 Å². The molecule has 0 bridgehead atoms. The molecule has 112 valence electrons. The smallest absolute Gasteiger partial charge is 0.121 e. The van der Waals surface area contributed by atoms with Gasteiger partial charge in [-0.15, -0.1) is 0 Å². The third-order valence-electron chi connectivity index (χ3n) is 3.15. The highest BCUT2D eigenvalue weighted by molar-refractivity contribution is 5.47. The van der Waals surface area contributed by atoms with Crippen LogP contribution in [0.5, 0.6) is 11.5 Å². The molecule has 0 saturated heterocycles. The van der Waals surface area contributed by atoms with Gasteiger partial charge in [-0.2, -0.15) is 0 Å². The SMILES string of the molecule is COCCc1ccc(OCc2cc(N)cc(OC)c2)cc1. The lowest BCUT2D eigenvalue weighted by Gasteiger charge is -2.09. The molecule has 0 unspecified atom stereocenters. The third kappa shape index (κ3) is 4.68. The van der Waals surface area contributed by atoms with Crippen molar-refractivity contribution >= 4 is 5.69 Å². The summed E-state index contributed by atoms with van der Waals surface area (Å²) in [5.74, 6) is 1.57. The van der Waals surface area contributed by atoms with Gasteiger partial charge in [-0.25, -0.2) is 0 Å². The van der Waals surface area contributed by atoms with Crippen molar-refractivity contribution in [3.05, 3.63) is 53.6 Å². The Balaban J connectivity index is 1.95. The first kappa shape index (κ1) is 15.2.